The van der Waals surface area contributed by atoms with Crippen molar-refractivity contribution >= 4 is 45.1 Å². The van der Waals surface area contributed by atoms with E-state index in [-0.39, 0.29) is 75.9 Å². The average Bonchev–Trinajstić information content (AvgIpc) is 3.09. The molecule has 0 radical (unpaired) electrons. The predicted molar refractivity (Wildman–Crippen MR) is 143 cm³/mol. The Morgan fingerprint density at radius 3 is 2.45 bits per heavy atom. The highest BCUT2D eigenvalue weighted by molar-refractivity contribution is 8.17. The molecule has 0 aliphatic carbocycles. The van der Waals surface area contributed by atoms with E-state index in [4.69, 9.17) is 16.3 Å². The lowest BCUT2D eigenvalue weighted by atomic mass is 10.1. The summed E-state index contributed by atoms with van der Waals surface area (Å²) < 4.78 is 78.7. The third-order valence-corrected chi connectivity index (χ3v) is 10.0. The van der Waals surface area contributed by atoms with Crippen LogP contribution in [0.25, 0.3) is 10.9 Å². The van der Waals surface area contributed by atoms with E-state index in [9.17, 15) is 27.2 Å². The molecular formula is C26H24ClF5N4O3S. The molecule has 1 unspecified atom stereocenters. The summed E-state index contributed by atoms with van der Waals surface area (Å²) in [5.74, 6) is -2.14. The second-order valence-corrected chi connectivity index (χ2v) is 12.0. The maximum Gasteiger partial charge on any atom is 0.416 e. The number of aromatic nitrogens is 2. The van der Waals surface area contributed by atoms with Gasteiger partial charge in [0, 0.05) is 60.3 Å². The van der Waals surface area contributed by atoms with Crippen molar-refractivity contribution in [2.24, 2.45) is 0 Å². The number of hydrogen-bond acceptors (Lipinski definition) is 5. The van der Waals surface area contributed by atoms with Crippen LogP contribution in [0.5, 0.6) is 0 Å². The highest BCUT2D eigenvalue weighted by Gasteiger charge is 2.36. The zero-order chi connectivity index (χ0) is 28.9. The fraction of sp³-hybridized carbons (Fsp3) is 0.346. The largest absolute Gasteiger partial charge is 0.416 e. The molecule has 3 heterocycles. The Bertz CT molecular complexity index is 1570. The minimum Gasteiger partial charge on any atom is -0.379 e. The van der Waals surface area contributed by atoms with Crippen LogP contribution in [-0.4, -0.2) is 65.5 Å². The number of benzene rings is 2. The number of nitrogens with zero attached hydrogens (tertiary/aromatic N) is 4. The van der Waals surface area contributed by atoms with Crippen LogP contribution >= 0.6 is 22.5 Å². The third kappa shape index (κ3) is 5.06. The SMILES string of the molecule is C=CC(=O)N1CCN(c2nc(=O)n3c4c(cc(C(F)(F)F)cc24)[SH](c2cc(Cl)c(F)cc2F)C[C@H](OC)C3)CC1. The van der Waals surface area contributed by atoms with E-state index < -0.39 is 46.1 Å². The van der Waals surface area contributed by atoms with E-state index >= 15 is 4.39 Å². The van der Waals surface area contributed by atoms with Crippen LogP contribution in [0, 0.1) is 11.6 Å². The number of hydrogen-bond donors (Lipinski definition) is 1. The fourth-order valence-corrected chi connectivity index (χ4v) is 8.05. The molecule has 2 aliphatic rings. The molecule has 0 bridgehead atoms. The third-order valence-electron chi connectivity index (χ3n) is 7.10. The summed E-state index contributed by atoms with van der Waals surface area (Å²) in [5, 5.41) is -0.314. The number of halogens is 6. The van der Waals surface area contributed by atoms with Crippen molar-refractivity contribution in [1.82, 2.24) is 14.5 Å². The first-order valence-corrected chi connectivity index (χ1v) is 14.1. The molecule has 5 rings (SSSR count). The number of methoxy groups -OCH3 is 1. The van der Waals surface area contributed by atoms with Crippen molar-refractivity contribution in [2.75, 3.05) is 43.9 Å². The minimum atomic E-state index is -4.77. The van der Waals surface area contributed by atoms with Crippen LogP contribution in [0.1, 0.15) is 5.56 Å². The lowest BCUT2D eigenvalue weighted by Gasteiger charge is -2.35. The molecule has 40 heavy (non-hydrogen) atoms. The van der Waals surface area contributed by atoms with Gasteiger partial charge in [0.15, 0.2) is 0 Å². The van der Waals surface area contributed by atoms with Gasteiger partial charge in [-0.1, -0.05) is 18.2 Å². The summed E-state index contributed by atoms with van der Waals surface area (Å²) in [5.41, 5.74) is -1.52. The van der Waals surface area contributed by atoms with Crippen LogP contribution in [0.3, 0.4) is 0 Å². The Morgan fingerprint density at radius 1 is 1.12 bits per heavy atom. The van der Waals surface area contributed by atoms with Gasteiger partial charge in [0.2, 0.25) is 5.91 Å². The van der Waals surface area contributed by atoms with Crippen LogP contribution in [0.4, 0.5) is 27.8 Å². The quantitative estimate of drug-likeness (QED) is 0.204. The van der Waals surface area contributed by atoms with Gasteiger partial charge in [-0.3, -0.25) is 9.36 Å². The number of anilines is 1. The van der Waals surface area contributed by atoms with E-state index in [1.165, 1.54) is 22.7 Å². The van der Waals surface area contributed by atoms with Crippen molar-refractivity contribution in [3.63, 3.8) is 0 Å². The van der Waals surface area contributed by atoms with Crippen molar-refractivity contribution in [2.45, 2.75) is 28.6 Å². The second-order valence-electron chi connectivity index (χ2n) is 9.42. The number of alkyl halides is 3. The molecular weight excluding hydrogens is 579 g/mol. The molecule has 0 N–H and O–H groups in total. The first-order valence-electron chi connectivity index (χ1n) is 12.2. The van der Waals surface area contributed by atoms with Crippen molar-refractivity contribution in [3.8, 4) is 0 Å². The summed E-state index contributed by atoms with van der Waals surface area (Å²) in [4.78, 5) is 32.8. The molecule has 14 heteroatoms. The number of rotatable bonds is 4. The first-order chi connectivity index (χ1) is 18.9. The van der Waals surface area contributed by atoms with Gasteiger partial charge in [-0.2, -0.15) is 29.1 Å². The summed E-state index contributed by atoms with van der Waals surface area (Å²) >= 11 is 5.97. The van der Waals surface area contributed by atoms with Gasteiger partial charge in [0.1, 0.15) is 17.5 Å². The Labute approximate surface area is 233 Å². The topological polar surface area (TPSA) is 67.7 Å². The molecule has 1 aromatic heterocycles. The van der Waals surface area contributed by atoms with Crippen LogP contribution in [0.2, 0.25) is 5.02 Å². The average molecular weight is 603 g/mol. The van der Waals surface area contributed by atoms with Crippen molar-refractivity contribution in [3.05, 3.63) is 69.6 Å². The summed E-state index contributed by atoms with van der Waals surface area (Å²) in [6, 6.07) is 3.55. The molecule has 0 spiro atoms. The van der Waals surface area contributed by atoms with Crippen molar-refractivity contribution in [1.29, 1.82) is 0 Å². The first kappa shape index (κ1) is 28.4. The Hall–Kier alpha value is -3.16. The fourth-order valence-electron chi connectivity index (χ4n) is 5.09. The molecule has 0 saturated carbocycles. The number of thiol groups is 1. The lowest BCUT2D eigenvalue weighted by Crippen LogP contribution is -2.49. The summed E-state index contributed by atoms with van der Waals surface area (Å²) in [6.45, 7) is 4.37. The summed E-state index contributed by atoms with van der Waals surface area (Å²) in [7, 11) is -0.552. The van der Waals surface area contributed by atoms with Crippen LogP contribution < -0.4 is 10.6 Å². The molecule has 3 aromatic rings. The van der Waals surface area contributed by atoms with Gasteiger partial charge in [0.05, 0.1) is 28.8 Å². The van der Waals surface area contributed by atoms with Crippen LogP contribution in [0.15, 0.2) is 51.5 Å². The smallest absolute Gasteiger partial charge is 0.379 e. The Morgan fingerprint density at radius 2 is 1.82 bits per heavy atom. The van der Waals surface area contributed by atoms with Gasteiger partial charge in [-0.25, -0.2) is 13.6 Å². The standard InChI is InChI=1S/C26H24ClF5N4O3S/c1-3-22(37)34-4-6-35(7-5-34)24-16-8-14(26(30,31)32)9-21-23(16)36(25(38)33-24)12-15(39-2)13-40(21)20-10-17(27)18(28)11-19(20)29/h3,8-11,15,40H,1,4-7,12-13H2,2H3/t15-/m1/s1. The van der Waals surface area contributed by atoms with Gasteiger partial charge in [-0.15, -0.1) is 0 Å². The number of ether oxygens (including phenoxy) is 1. The molecule has 2 aliphatic heterocycles. The highest BCUT2D eigenvalue weighted by Crippen LogP contribution is 2.53. The van der Waals surface area contributed by atoms with E-state index in [0.29, 0.717) is 6.07 Å². The number of piperazine rings is 1. The van der Waals surface area contributed by atoms with E-state index in [1.807, 2.05) is 0 Å². The number of carbonyl (C=O) groups excluding carboxylic acids is 1. The van der Waals surface area contributed by atoms with Crippen molar-refractivity contribution < 1.29 is 31.5 Å². The van der Waals surface area contributed by atoms with E-state index in [1.54, 1.807) is 4.90 Å². The normalized spacial score (nSPS) is 20.5. The lowest BCUT2D eigenvalue weighted by molar-refractivity contribution is -0.137. The molecule has 2 atom stereocenters. The molecule has 2 aromatic carbocycles. The zero-order valence-electron chi connectivity index (χ0n) is 21.1. The number of carbonyl (C=O) groups is 1. The molecule has 1 saturated heterocycles. The number of amides is 1. The van der Waals surface area contributed by atoms with Gasteiger partial charge < -0.3 is 14.5 Å². The molecule has 7 nitrogen and oxygen atoms in total. The van der Waals surface area contributed by atoms with Gasteiger partial charge >= 0.3 is 11.9 Å². The Kier molecular flexibility index (Phi) is 7.57. The maximum absolute atomic E-state index is 15.2. The summed E-state index contributed by atoms with van der Waals surface area (Å²) in [6.07, 6.45) is -4.28. The molecule has 1 fully saturated rings. The van der Waals surface area contributed by atoms with Gasteiger partial charge in [0.25, 0.3) is 0 Å². The molecule has 214 valence electrons. The minimum absolute atomic E-state index is 0.0333. The Balaban J connectivity index is 1.78. The predicted octanol–water partition coefficient (Wildman–Crippen LogP) is 4.63. The second kappa shape index (κ2) is 10.7. The van der Waals surface area contributed by atoms with E-state index in [0.717, 1.165) is 18.2 Å². The molecule has 1 amide bonds. The zero-order valence-corrected chi connectivity index (χ0v) is 22.8. The highest BCUT2D eigenvalue weighted by atomic mass is 35.5. The van der Waals surface area contributed by atoms with Gasteiger partial charge in [-0.05, 0) is 24.3 Å². The monoisotopic (exact) mass is 602 g/mol. The van der Waals surface area contributed by atoms with E-state index in [2.05, 4.69) is 11.6 Å². The maximum atomic E-state index is 15.2. The van der Waals surface area contributed by atoms with Crippen LogP contribution in [-0.2, 0) is 22.3 Å².